The number of para-hydroxylation sites is 1. The van der Waals surface area contributed by atoms with Crippen molar-refractivity contribution in [3.8, 4) is 12.1 Å². The number of aliphatic imine (C=N–C) groups is 1. The fourth-order valence-corrected chi connectivity index (χ4v) is 6.33. The van der Waals surface area contributed by atoms with Crippen molar-refractivity contribution < 1.29 is 0 Å². The van der Waals surface area contributed by atoms with Crippen LogP contribution in [0.15, 0.2) is 133 Å². The summed E-state index contributed by atoms with van der Waals surface area (Å²) in [5.74, 6) is 0. The number of benzene rings is 5. The normalized spacial score (nSPS) is 11.7. The van der Waals surface area contributed by atoms with Crippen LogP contribution in [-0.4, -0.2) is 23.2 Å². The van der Waals surface area contributed by atoms with Crippen molar-refractivity contribution in [3.63, 3.8) is 0 Å². The van der Waals surface area contributed by atoms with Gasteiger partial charge in [0.15, 0.2) is 0 Å². The lowest BCUT2D eigenvalue weighted by Gasteiger charge is -2.30. The molecule has 0 aliphatic rings. The van der Waals surface area contributed by atoms with Crippen LogP contribution in [0.3, 0.4) is 0 Å². The Balaban J connectivity index is 1.62. The summed E-state index contributed by atoms with van der Waals surface area (Å²) < 4.78 is 0. The van der Waals surface area contributed by atoms with Crippen LogP contribution in [0.5, 0.6) is 0 Å². The largest absolute Gasteiger partial charge is 0.307 e. The number of hydrogen-bond acceptors (Lipinski definition) is 7. The van der Waals surface area contributed by atoms with Crippen molar-refractivity contribution in [1.29, 1.82) is 10.5 Å². The minimum Gasteiger partial charge on any atom is -0.307 e. The second kappa shape index (κ2) is 11.8. The maximum absolute atomic E-state index is 10.5. The van der Waals surface area contributed by atoms with Gasteiger partial charge in [0.05, 0.1) is 52.0 Å². The smallest absolute Gasteiger partial charge is 0.101 e. The van der Waals surface area contributed by atoms with E-state index >= 15 is 0 Å². The van der Waals surface area contributed by atoms with Crippen LogP contribution in [0.4, 0.5) is 28.4 Å². The molecule has 218 valence electrons. The Morgan fingerprint density at radius 1 is 0.696 bits per heavy atom. The molecule has 0 atom stereocenters. The molecule has 0 aliphatic carbocycles. The molecule has 7 rings (SSSR count). The van der Waals surface area contributed by atoms with Crippen LogP contribution in [0.1, 0.15) is 18.1 Å². The number of pyridine rings is 2. The Morgan fingerprint density at radius 2 is 1.24 bits per heavy atom. The summed E-state index contributed by atoms with van der Waals surface area (Å²) in [7, 11) is 1.74. The molecule has 46 heavy (non-hydrogen) atoms. The van der Waals surface area contributed by atoms with E-state index in [9.17, 15) is 10.5 Å². The molecule has 2 aromatic heterocycles. The number of nitriles is 2. The molecule has 0 unspecified atom stereocenters. The van der Waals surface area contributed by atoms with Gasteiger partial charge in [-0.2, -0.15) is 10.5 Å². The molecule has 5 aromatic carbocycles. The van der Waals surface area contributed by atoms with Gasteiger partial charge in [0.2, 0.25) is 0 Å². The van der Waals surface area contributed by atoms with Gasteiger partial charge in [-0.3, -0.25) is 15.0 Å². The first kappa shape index (κ1) is 28.2. The summed E-state index contributed by atoms with van der Waals surface area (Å²) in [6.07, 6.45) is 10.8. The van der Waals surface area contributed by atoms with Gasteiger partial charge in [0.25, 0.3) is 0 Å². The number of allylic oxidation sites excluding steroid dienone is 2. The van der Waals surface area contributed by atoms with E-state index in [4.69, 9.17) is 0 Å². The van der Waals surface area contributed by atoms with Gasteiger partial charge in [0.1, 0.15) is 12.1 Å². The number of aromatic nitrogens is 2. The minimum absolute atomic E-state index is 0.526. The van der Waals surface area contributed by atoms with Crippen molar-refractivity contribution in [2.45, 2.75) is 6.92 Å². The first-order chi connectivity index (χ1) is 22.7. The molecule has 0 N–H and O–H groups in total. The standard InChI is InChI=1S/C39H27N7/c1-3-30(23-42-2)45(31-9-5-4-6-10-31)38-28(21-40)19-26-14-16-35-37-27(13-15-34(38)36(26)37)20-29(22-41)39(35)46(32-11-7-17-43-24-32)33-12-8-18-44-25-33/h3-20,23-25H,1-2H3/b30-3+,42-23?. The second-order valence-electron chi connectivity index (χ2n) is 10.7. The third kappa shape index (κ3) is 4.55. The van der Waals surface area contributed by atoms with E-state index in [1.54, 1.807) is 31.8 Å². The van der Waals surface area contributed by atoms with Crippen LogP contribution in [0.25, 0.3) is 32.3 Å². The molecule has 7 aromatic rings. The van der Waals surface area contributed by atoms with E-state index in [1.165, 1.54) is 0 Å². The Morgan fingerprint density at radius 3 is 1.74 bits per heavy atom. The molecular formula is C39H27N7. The molecule has 0 saturated carbocycles. The summed E-state index contributed by atoms with van der Waals surface area (Å²) in [5.41, 5.74) is 5.94. The summed E-state index contributed by atoms with van der Waals surface area (Å²) >= 11 is 0. The second-order valence-corrected chi connectivity index (χ2v) is 10.7. The molecule has 7 heteroatoms. The predicted octanol–water partition coefficient (Wildman–Crippen LogP) is 9.33. The molecular weight excluding hydrogens is 566 g/mol. The molecule has 0 radical (unpaired) electrons. The van der Waals surface area contributed by atoms with E-state index in [0.29, 0.717) is 11.1 Å². The van der Waals surface area contributed by atoms with Crippen molar-refractivity contribution in [3.05, 3.63) is 139 Å². The van der Waals surface area contributed by atoms with E-state index in [0.717, 1.165) is 66.5 Å². The highest BCUT2D eigenvalue weighted by Crippen LogP contribution is 2.48. The topological polar surface area (TPSA) is 92.2 Å². The van der Waals surface area contributed by atoms with Gasteiger partial charge in [-0.15, -0.1) is 0 Å². The molecule has 2 heterocycles. The van der Waals surface area contributed by atoms with Gasteiger partial charge < -0.3 is 9.80 Å². The van der Waals surface area contributed by atoms with E-state index in [1.807, 2.05) is 103 Å². The number of nitrogens with zero attached hydrogens (tertiary/aromatic N) is 7. The van der Waals surface area contributed by atoms with Gasteiger partial charge >= 0.3 is 0 Å². The maximum Gasteiger partial charge on any atom is 0.101 e. The maximum atomic E-state index is 10.5. The fourth-order valence-electron chi connectivity index (χ4n) is 6.33. The van der Waals surface area contributed by atoms with Crippen LogP contribution in [0, 0.1) is 22.7 Å². The third-order valence-electron chi connectivity index (χ3n) is 8.17. The average Bonchev–Trinajstić information content (AvgIpc) is 3.12. The molecule has 0 spiro atoms. The molecule has 0 saturated heterocycles. The third-order valence-corrected chi connectivity index (χ3v) is 8.17. The molecule has 7 nitrogen and oxygen atoms in total. The van der Waals surface area contributed by atoms with E-state index in [-0.39, 0.29) is 0 Å². The lowest BCUT2D eigenvalue weighted by atomic mass is 9.88. The minimum atomic E-state index is 0.526. The fraction of sp³-hybridized carbons (Fsp3) is 0.0513. The Labute approximate surface area is 266 Å². The van der Waals surface area contributed by atoms with Crippen LogP contribution < -0.4 is 9.80 Å². The predicted molar refractivity (Wildman–Crippen MR) is 187 cm³/mol. The van der Waals surface area contributed by atoms with Crippen LogP contribution >= 0.6 is 0 Å². The first-order valence-corrected chi connectivity index (χ1v) is 14.8. The van der Waals surface area contributed by atoms with Crippen molar-refractivity contribution in [2.24, 2.45) is 4.99 Å². The molecule has 0 amide bonds. The summed E-state index contributed by atoms with van der Waals surface area (Å²) in [6.45, 7) is 1.97. The van der Waals surface area contributed by atoms with Crippen molar-refractivity contribution >= 4 is 67.0 Å². The molecule has 0 bridgehead atoms. The number of rotatable bonds is 7. The van der Waals surface area contributed by atoms with Gasteiger partial charge in [-0.25, -0.2) is 0 Å². The first-order valence-electron chi connectivity index (χ1n) is 14.8. The van der Waals surface area contributed by atoms with Gasteiger partial charge in [0, 0.05) is 42.1 Å². The zero-order valence-corrected chi connectivity index (χ0v) is 25.3. The molecule has 0 fully saturated rings. The highest BCUT2D eigenvalue weighted by molar-refractivity contribution is 6.29. The highest BCUT2D eigenvalue weighted by atomic mass is 15.2. The lowest BCUT2D eigenvalue weighted by molar-refractivity contribution is 1.20. The highest BCUT2D eigenvalue weighted by Gasteiger charge is 2.26. The van der Waals surface area contributed by atoms with Crippen LogP contribution in [-0.2, 0) is 0 Å². The van der Waals surface area contributed by atoms with Crippen LogP contribution in [0.2, 0.25) is 0 Å². The summed E-state index contributed by atoms with van der Waals surface area (Å²) in [4.78, 5) is 17.3. The lowest BCUT2D eigenvalue weighted by Crippen LogP contribution is -2.19. The van der Waals surface area contributed by atoms with E-state index < -0.39 is 0 Å². The summed E-state index contributed by atoms with van der Waals surface area (Å²) in [5, 5.41) is 26.8. The zero-order valence-electron chi connectivity index (χ0n) is 25.3. The SMILES string of the molecule is C/C=C(\C=NC)N(c1ccccc1)c1c(C#N)cc2ccc3c(N(c4cccnc4)c4cccnc4)c(C#N)cc4ccc1c2c43. The summed E-state index contributed by atoms with van der Waals surface area (Å²) in [6, 6.07) is 34.8. The Hall–Kier alpha value is -6.57. The monoisotopic (exact) mass is 593 g/mol. The van der Waals surface area contributed by atoms with Crippen molar-refractivity contribution in [1.82, 2.24) is 9.97 Å². The molecule has 0 aliphatic heterocycles. The number of anilines is 5. The quantitative estimate of drug-likeness (QED) is 0.135. The average molecular weight is 594 g/mol. The number of hydrogen-bond donors (Lipinski definition) is 0. The van der Waals surface area contributed by atoms with Crippen molar-refractivity contribution in [2.75, 3.05) is 16.8 Å². The Bertz CT molecular complexity index is 2310. The van der Waals surface area contributed by atoms with Gasteiger partial charge in [-0.1, -0.05) is 48.5 Å². The Kier molecular flexibility index (Phi) is 7.26. The van der Waals surface area contributed by atoms with Gasteiger partial charge in [-0.05, 0) is 77.0 Å². The zero-order chi connectivity index (χ0) is 31.6. The van der Waals surface area contributed by atoms with E-state index in [2.05, 4.69) is 44.1 Å².